The van der Waals surface area contributed by atoms with Crippen molar-refractivity contribution in [3.8, 4) is 0 Å². The number of pyridine rings is 1. The third-order valence-electron chi connectivity index (χ3n) is 6.79. The summed E-state index contributed by atoms with van der Waals surface area (Å²) in [6.07, 6.45) is 0.746. The zero-order chi connectivity index (χ0) is 26.9. The molecule has 2 aliphatic rings. The van der Waals surface area contributed by atoms with Gasteiger partial charge in [0, 0.05) is 31.7 Å². The monoisotopic (exact) mass is 548 g/mol. The Labute approximate surface area is 222 Å². The number of benzene rings is 1. The minimum absolute atomic E-state index is 0.0375. The molecule has 1 aromatic carbocycles. The average Bonchev–Trinajstić information content (AvgIpc) is 3.34. The molecule has 2 N–H and O–H groups in total. The van der Waals surface area contributed by atoms with Gasteiger partial charge in [-0.25, -0.2) is 9.50 Å². The van der Waals surface area contributed by atoms with E-state index in [1.807, 2.05) is 19.2 Å². The number of nitrogens with zero attached hydrogens (tertiary/aromatic N) is 4. The van der Waals surface area contributed by atoms with Gasteiger partial charge < -0.3 is 20.3 Å². The largest absolute Gasteiger partial charge is 0.416 e. The molecule has 2 aromatic heterocycles. The van der Waals surface area contributed by atoms with Crippen molar-refractivity contribution >= 4 is 40.1 Å². The zero-order valence-electron chi connectivity index (χ0n) is 20.9. The van der Waals surface area contributed by atoms with Crippen molar-refractivity contribution in [1.82, 2.24) is 19.9 Å². The number of rotatable bonds is 6. The van der Waals surface area contributed by atoms with E-state index < -0.39 is 17.6 Å². The number of amides is 1. The number of aromatic nitrogens is 3. The van der Waals surface area contributed by atoms with Crippen LogP contribution in [0.2, 0.25) is 5.02 Å². The van der Waals surface area contributed by atoms with E-state index in [0.29, 0.717) is 37.5 Å². The average molecular weight is 549 g/mol. The Kier molecular flexibility index (Phi) is 7.60. The van der Waals surface area contributed by atoms with Gasteiger partial charge in [-0.15, -0.1) is 5.10 Å². The Bertz CT molecular complexity index is 1380. The van der Waals surface area contributed by atoms with Gasteiger partial charge in [-0.2, -0.15) is 13.2 Å². The van der Waals surface area contributed by atoms with Crippen LogP contribution in [0.15, 0.2) is 30.5 Å². The number of hydrogen-bond acceptors (Lipinski definition) is 6. The number of carbonyl (C=O) groups excluding carboxylic acids is 1. The molecular weight excluding hydrogens is 521 g/mol. The van der Waals surface area contributed by atoms with Crippen LogP contribution in [0.1, 0.15) is 35.9 Å². The SMILES string of the molecule is CCc1c(N2CCNCC2)cn2nc(C3=CCOCC3)nc2c1CC(=O)Nc1ccc(C(F)(F)F)cc1Cl. The summed E-state index contributed by atoms with van der Waals surface area (Å²) < 4.78 is 46.2. The summed E-state index contributed by atoms with van der Waals surface area (Å²) >= 11 is 6.08. The standard InChI is InChI=1S/C26H28ClF3N6O2/c1-2-18-19(14-23(37)32-21-4-3-17(13-20(21)27)26(28,29)30)25-33-24(16-5-11-38-12-6-16)34-36(25)15-22(18)35-9-7-31-8-10-35/h3-5,13,15,31H,2,6-12,14H2,1H3,(H,32,37). The van der Waals surface area contributed by atoms with Crippen LogP contribution in [-0.2, 0) is 28.5 Å². The lowest BCUT2D eigenvalue weighted by Gasteiger charge is -2.31. The number of carbonyl (C=O) groups is 1. The number of anilines is 2. The van der Waals surface area contributed by atoms with Gasteiger partial charge in [0.1, 0.15) is 0 Å². The second kappa shape index (κ2) is 10.9. The first-order valence-electron chi connectivity index (χ1n) is 12.5. The van der Waals surface area contributed by atoms with Gasteiger partial charge in [0.05, 0.1) is 47.8 Å². The summed E-state index contributed by atoms with van der Waals surface area (Å²) in [5, 5.41) is 10.6. The molecule has 38 heavy (non-hydrogen) atoms. The summed E-state index contributed by atoms with van der Waals surface area (Å²) in [7, 11) is 0. The van der Waals surface area contributed by atoms with Gasteiger partial charge in [0.15, 0.2) is 11.5 Å². The molecule has 0 saturated carbocycles. The van der Waals surface area contributed by atoms with E-state index in [0.717, 1.165) is 60.7 Å². The van der Waals surface area contributed by atoms with Gasteiger partial charge in [-0.1, -0.05) is 24.6 Å². The summed E-state index contributed by atoms with van der Waals surface area (Å²) in [6, 6.07) is 2.88. The first-order valence-corrected chi connectivity index (χ1v) is 12.9. The predicted octanol–water partition coefficient (Wildman–Crippen LogP) is 4.36. The van der Waals surface area contributed by atoms with Crippen molar-refractivity contribution in [3.05, 3.63) is 58.0 Å². The molecule has 8 nitrogen and oxygen atoms in total. The lowest BCUT2D eigenvalue weighted by atomic mass is 10.0. The van der Waals surface area contributed by atoms with E-state index in [2.05, 4.69) is 15.5 Å². The minimum Gasteiger partial charge on any atom is -0.377 e. The summed E-state index contributed by atoms with van der Waals surface area (Å²) in [5.41, 5.74) is 3.53. The fourth-order valence-electron chi connectivity index (χ4n) is 4.87. The topological polar surface area (TPSA) is 83.8 Å². The molecule has 3 aromatic rings. The van der Waals surface area contributed by atoms with Crippen molar-refractivity contribution in [2.24, 2.45) is 0 Å². The van der Waals surface area contributed by atoms with Crippen LogP contribution in [0.3, 0.4) is 0 Å². The van der Waals surface area contributed by atoms with Gasteiger partial charge >= 0.3 is 6.18 Å². The van der Waals surface area contributed by atoms with Crippen molar-refractivity contribution in [2.45, 2.75) is 32.4 Å². The molecule has 2 aliphatic heterocycles. The molecule has 5 rings (SSSR count). The maximum absolute atomic E-state index is 13.2. The first-order chi connectivity index (χ1) is 18.2. The van der Waals surface area contributed by atoms with E-state index in [-0.39, 0.29) is 17.1 Å². The van der Waals surface area contributed by atoms with Gasteiger partial charge in [0.25, 0.3) is 0 Å². The van der Waals surface area contributed by atoms with Crippen LogP contribution in [0.4, 0.5) is 24.5 Å². The number of hydrogen-bond donors (Lipinski definition) is 2. The minimum atomic E-state index is -4.52. The number of alkyl halides is 3. The van der Waals surface area contributed by atoms with Crippen molar-refractivity contribution < 1.29 is 22.7 Å². The normalized spacial score (nSPS) is 16.6. The highest BCUT2D eigenvalue weighted by Gasteiger charge is 2.31. The second-order valence-corrected chi connectivity index (χ2v) is 9.64. The number of piperazine rings is 1. The maximum atomic E-state index is 13.2. The summed E-state index contributed by atoms with van der Waals surface area (Å²) in [4.78, 5) is 20.3. The number of fused-ring (bicyclic) bond motifs is 1. The van der Waals surface area contributed by atoms with Crippen LogP contribution in [0, 0.1) is 0 Å². The molecule has 4 heterocycles. The number of nitrogens with one attached hydrogen (secondary N) is 2. The molecular formula is C26H28ClF3N6O2. The lowest BCUT2D eigenvalue weighted by molar-refractivity contribution is -0.137. The van der Waals surface area contributed by atoms with E-state index >= 15 is 0 Å². The molecule has 202 valence electrons. The quantitative estimate of drug-likeness (QED) is 0.476. The highest BCUT2D eigenvalue weighted by Crippen LogP contribution is 2.34. The molecule has 1 amide bonds. The zero-order valence-corrected chi connectivity index (χ0v) is 21.6. The molecule has 0 unspecified atom stereocenters. The Morgan fingerprint density at radius 3 is 2.68 bits per heavy atom. The maximum Gasteiger partial charge on any atom is 0.416 e. The molecule has 0 aliphatic carbocycles. The molecule has 0 atom stereocenters. The Hall–Kier alpha value is -3.15. The molecule has 0 spiro atoms. The van der Waals surface area contributed by atoms with Gasteiger partial charge in [-0.05, 0) is 42.2 Å². The highest BCUT2D eigenvalue weighted by molar-refractivity contribution is 6.33. The Morgan fingerprint density at radius 1 is 1.24 bits per heavy atom. The van der Waals surface area contributed by atoms with Crippen LogP contribution < -0.4 is 15.5 Å². The molecule has 0 bridgehead atoms. The Morgan fingerprint density at radius 2 is 2.03 bits per heavy atom. The second-order valence-electron chi connectivity index (χ2n) is 9.24. The first kappa shape index (κ1) is 26.5. The molecule has 0 radical (unpaired) electrons. The van der Waals surface area contributed by atoms with E-state index in [1.54, 1.807) is 4.52 Å². The van der Waals surface area contributed by atoms with Crippen LogP contribution in [0.25, 0.3) is 11.2 Å². The van der Waals surface area contributed by atoms with Gasteiger partial charge in [0.2, 0.25) is 5.91 Å². The van der Waals surface area contributed by atoms with E-state index in [1.165, 1.54) is 6.07 Å². The highest BCUT2D eigenvalue weighted by atomic mass is 35.5. The van der Waals surface area contributed by atoms with Crippen molar-refractivity contribution in [2.75, 3.05) is 49.6 Å². The van der Waals surface area contributed by atoms with Crippen LogP contribution >= 0.6 is 11.6 Å². The third-order valence-corrected chi connectivity index (χ3v) is 7.10. The molecule has 1 saturated heterocycles. The van der Waals surface area contributed by atoms with Crippen molar-refractivity contribution in [3.63, 3.8) is 0 Å². The summed E-state index contributed by atoms with van der Waals surface area (Å²) in [5.74, 6) is 0.191. The lowest BCUT2D eigenvalue weighted by Crippen LogP contribution is -2.44. The number of halogens is 4. The van der Waals surface area contributed by atoms with Crippen molar-refractivity contribution in [1.29, 1.82) is 0 Å². The van der Waals surface area contributed by atoms with Crippen LogP contribution in [-0.4, -0.2) is 59.9 Å². The van der Waals surface area contributed by atoms with E-state index in [4.69, 9.17) is 26.4 Å². The molecule has 1 fully saturated rings. The Balaban J connectivity index is 1.52. The van der Waals surface area contributed by atoms with Crippen LogP contribution in [0.5, 0.6) is 0 Å². The third kappa shape index (κ3) is 5.50. The van der Waals surface area contributed by atoms with E-state index in [9.17, 15) is 18.0 Å². The predicted molar refractivity (Wildman–Crippen MR) is 140 cm³/mol. The molecule has 12 heteroatoms. The smallest absolute Gasteiger partial charge is 0.377 e. The fourth-order valence-corrected chi connectivity index (χ4v) is 5.10. The number of ether oxygens (including phenoxy) is 1. The summed E-state index contributed by atoms with van der Waals surface area (Å²) in [6.45, 7) is 6.45. The fraction of sp³-hybridized carbons (Fsp3) is 0.423. The van der Waals surface area contributed by atoms with Gasteiger partial charge in [-0.3, -0.25) is 4.79 Å².